The number of hydrogen-bond acceptors (Lipinski definition) is 2. The second-order valence-corrected chi connectivity index (χ2v) is 9.43. The summed E-state index contributed by atoms with van der Waals surface area (Å²) in [6.07, 6.45) is 11.6. The van der Waals surface area contributed by atoms with Crippen LogP contribution in [0.3, 0.4) is 0 Å². The van der Waals surface area contributed by atoms with Crippen LogP contribution in [0.1, 0.15) is 57.8 Å². The molecule has 3 atom stereocenters. The maximum absolute atomic E-state index is 13.4. The minimum Gasteiger partial charge on any atom is -0.342 e. The molecule has 0 aromatic carbocycles. The molecule has 4 bridgehead atoms. The Balaban J connectivity index is 0.00000135. The van der Waals surface area contributed by atoms with E-state index in [2.05, 4.69) is 4.90 Å². The summed E-state index contributed by atoms with van der Waals surface area (Å²) in [5.74, 6) is 4.41. The normalized spacial score (nSPS) is 50.6. The third-order valence-corrected chi connectivity index (χ3v) is 7.93. The van der Waals surface area contributed by atoms with Crippen LogP contribution in [0, 0.1) is 35.0 Å². The van der Waals surface area contributed by atoms with Crippen molar-refractivity contribution < 1.29 is 4.79 Å². The lowest BCUT2D eigenvalue weighted by Crippen LogP contribution is -2.54. The van der Waals surface area contributed by atoms with Crippen LogP contribution in [0.2, 0.25) is 0 Å². The molecule has 1 aliphatic heterocycles. The third-order valence-electron chi connectivity index (χ3n) is 7.93. The quantitative estimate of drug-likeness (QED) is 0.798. The number of carbonyl (C=O) groups excluding carboxylic acids is 1. The fourth-order valence-corrected chi connectivity index (χ4v) is 7.39. The SMILES string of the molecule is Cl.NC1CCCC2CN(C(=O)C34CC5CC(CC(C5)C3)C4)CC12. The molecular formula is C19H31ClN2O. The number of carbonyl (C=O) groups is 1. The minimum absolute atomic E-state index is 0. The van der Waals surface area contributed by atoms with Crippen molar-refractivity contribution >= 4 is 18.3 Å². The molecule has 1 heterocycles. The predicted molar refractivity (Wildman–Crippen MR) is 93.2 cm³/mol. The molecule has 3 nitrogen and oxygen atoms in total. The summed E-state index contributed by atoms with van der Waals surface area (Å²) in [4.78, 5) is 15.7. The number of halogens is 1. The number of nitrogens with two attached hydrogens (primary N) is 1. The van der Waals surface area contributed by atoms with Crippen molar-refractivity contribution in [3.63, 3.8) is 0 Å². The highest BCUT2D eigenvalue weighted by molar-refractivity contribution is 5.85. The van der Waals surface area contributed by atoms with E-state index in [1.165, 1.54) is 57.8 Å². The highest BCUT2D eigenvalue weighted by Gasteiger charge is 2.56. The first-order chi connectivity index (χ1) is 10.6. The van der Waals surface area contributed by atoms with Gasteiger partial charge in [-0.05, 0) is 81.0 Å². The Kier molecular flexibility index (Phi) is 3.96. The first-order valence-corrected chi connectivity index (χ1v) is 9.68. The molecule has 130 valence electrons. The molecule has 6 fully saturated rings. The summed E-state index contributed by atoms with van der Waals surface area (Å²) < 4.78 is 0. The first kappa shape index (κ1) is 16.2. The van der Waals surface area contributed by atoms with Crippen molar-refractivity contribution in [3.8, 4) is 0 Å². The van der Waals surface area contributed by atoms with Gasteiger partial charge in [-0.15, -0.1) is 12.4 Å². The maximum Gasteiger partial charge on any atom is 0.228 e. The van der Waals surface area contributed by atoms with Gasteiger partial charge in [0.2, 0.25) is 5.91 Å². The zero-order valence-corrected chi connectivity index (χ0v) is 14.9. The van der Waals surface area contributed by atoms with Crippen LogP contribution in [0.5, 0.6) is 0 Å². The van der Waals surface area contributed by atoms with Crippen molar-refractivity contribution in [2.45, 2.75) is 63.8 Å². The summed E-state index contributed by atoms with van der Waals surface area (Å²) in [5, 5.41) is 0. The van der Waals surface area contributed by atoms with Gasteiger partial charge in [-0.3, -0.25) is 4.79 Å². The van der Waals surface area contributed by atoms with Gasteiger partial charge in [-0.1, -0.05) is 6.42 Å². The van der Waals surface area contributed by atoms with Crippen LogP contribution in [0.25, 0.3) is 0 Å². The van der Waals surface area contributed by atoms with E-state index in [4.69, 9.17) is 5.73 Å². The Bertz CT molecular complexity index is 458. The number of fused-ring (bicyclic) bond motifs is 1. The second kappa shape index (κ2) is 5.62. The highest BCUT2D eigenvalue weighted by atomic mass is 35.5. The molecule has 0 radical (unpaired) electrons. The monoisotopic (exact) mass is 338 g/mol. The molecule has 6 rings (SSSR count). The van der Waals surface area contributed by atoms with E-state index < -0.39 is 0 Å². The van der Waals surface area contributed by atoms with Crippen molar-refractivity contribution in [1.82, 2.24) is 4.90 Å². The molecule has 1 amide bonds. The number of likely N-dealkylation sites (tertiary alicyclic amines) is 1. The van der Waals surface area contributed by atoms with Gasteiger partial charge in [0.25, 0.3) is 0 Å². The van der Waals surface area contributed by atoms with Crippen LogP contribution in [0.4, 0.5) is 0 Å². The molecule has 0 aromatic heterocycles. The standard InChI is InChI=1S/C19H30N2O.ClH/c20-17-3-1-2-15-10-21(11-16(15)17)18(22)19-7-12-4-13(8-19)6-14(5-12)9-19;/h12-17H,1-11,20H2;1H. The van der Waals surface area contributed by atoms with Crippen molar-refractivity contribution in [3.05, 3.63) is 0 Å². The predicted octanol–water partition coefficient (Wildman–Crippen LogP) is 3.21. The summed E-state index contributed by atoms with van der Waals surface area (Å²) in [6, 6.07) is 0.341. The average Bonchev–Trinajstić information content (AvgIpc) is 2.90. The fraction of sp³-hybridized carbons (Fsp3) is 0.947. The minimum atomic E-state index is 0. The Morgan fingerprint density at radius 2 is 1.57 bits per heavy atom. The van der Waals surface area contributed by atoms with E-state index in [1.54, 1.807) is 0 Å². The number of amides is 1. The van der Waals surface area contributed by atoms with Crippen molar-refractivity contribution in [2.75, 3.05) is 13.1 Å². The van der Waals surface area contributed by atoms with Crippen LogP contribution in [-0.4, -0.2) is 29.9 Å². The number of hydrogen-bond donors (Lipinski definition) is 1. The van der Waals surface area contributed by atoms with Gasteiger partial charge in [-0.2, -0.15) is 0 Å². The molecule has 6 aliphatic rings. The van der Waals surface area contributed by atoms with E-state index >= 15 is 0 Å². The van der Waals surface area contributed by atoms with Gasteiger partial charge in [0.05, 0.1) is 5.41 Å². The van der Waals surface area contributed by atoms with E-state index in [9.17, 15) is 4.79 Å². The molecule has 5 saturated carbocycles. The van der Waals surface area contributed by atoms with Crippen LogP contribution < -0.4 is 5.73 Å². The Morgan fingerprint density at radius 3 is 2.13 bits per heavy atom. The Morgan fingerprint density at radius 1 is 0.957 bits per heavy atom. The van der Waals surface area contributed by atoms with Gasteiger partial charge in [0.15, 0.2) is 0 Å². The molecule has 3 unspecified atom stereocenters. The fourth-order valence-electron chi connectivity index (χ4n) is 7.39. The lowest BCUT2D eigenvalue weighted by atomic mass is 9.49. The smallest absolute Gasteiger partial charge is 0.228 e. The zero-order chi connectivity index (χ0) is 14.9. The van der Waals surface area contributed by atoms with Gasteiger partial charge < -0.3 is 10.6 Å². The van der Waals surface area contributed by atoms with Gasteiger partial charge >= 0.3 is 0 Å². The van der Waals surface area contributed by atoms with Crippen molar-refractivity contribution in [1.29, 1.82) is 0 Å². The Hall–Kier alpha value is -0.280. The largest absolute Gasteiger partial charge is 0.342 e. The van der Waals surface area contributed by atoms with Crippen molar-refractivity contribution in [2.24, 2.45) is 40.7 Å². The maximum atomic E-state index is 13.4. The number of rotatable bonds is 1. The second-order valence-electron chi connectivity index (χ2n) is 9.43. The lowest BCUT2D eigenvalue weighted by Gasteiger charge is -2.56. The summed E-state index contributed by atoms with van der Waals surface area (Å²) in [6.45, 7) is 1.98. The zero-order valence-electron chi connectivity index (χ0n) is 14.1. The lowest BCUT2D eigenvalue weighted by molar-refractivity contribution is -0.156. The van der Waals surface area contributed by atoms with E-state index in [0.29, 0.717) is 23.8 Å². The van der Waals surface area contributed by atoms with Gasteiger partial charge in [-0.25, -0.2) is 0 Å². The summed E-state index contributed by atoms with van der Waals surface area (Å²) >= 11 is 0. The molecule has 23 heavy (non-hydrogen) atoms. The molecule has 1 saturated heterocycles. The third kappa shape index (κ3) is 2.45. The van der Waals surface area contributed by atoms with Crippen LogP contribution in [0.15, 0.2) is 0 Å². The molecule has 0 spiro atoms. The summed E-state index contributed by atoms with van der Waals surface area (Å²) in [5.41, 5.74) is 6.40. The topological polar surface area (TPSA) is 46.3 Å². The molecule has 2 N–H and O–H groups in total. The van der Waals surface area contributed by atoms with E-state index in [1.807, 2.05) is 0 Å². The van der Waals surface area contributed by atoms with Gasteiger partial charge in [0.1, 0.15) is 0 Å². The molecule has 0 aromatic rings. The molecule has 4 heteroatoms. The highest BCUT2D eigenvalue weighted by Crippen LogP contribution is 2.60. The van der Waals surface area contributed by atoms with Crippen LogP contribution >= 0.6 is 12.4 Å². The average molecular weight is 339 g/mol. The summed E-state index contributed by atoms with van der Waals surface area (Å²) in [7, 11) is 0. The van der Waals surface area contributed by atoms with E-state index in [0.717, 1.165) is 30.8 Å². The first-order valence-electron chi connectivity index (χ1n) is 9.68. The number of nitrogens with zero attached hydrogens (tertiary/aromatic N) is 1. The van der Waals surface area contributed by atoms with E-state index in [-0.39, 0.29) is 17.8 Å². The molecular weight excluding hydrogens is 308 g/mol. The molecule has 5 aliphatic carbocycles. The Labute approximate surface area is 146 Å². The van der Waals surface area contributed by atoms with Crippen LogP contribution in [-0.2, 0) is 4.79 Å². The van der Waals surface area contributed by atoms with Gasteiger partial charge in [0, 0.05) is 19.1 Å².